The van der Waals surface area contributed by atoms with Gasteiger partial charge in [-0.25, -0.2) is 0 Å². The number of ether oxygens (including phenoxy) is 2. The van der Waals surface area contributed by atoms with Crippen LogP contribution in [-0.2, 0) is 6.42 Å². The molecule has 7 nitrogen and oxygen atoms in total. The molecule has 0 aliphatic heterocycles. The summed E-state index contributed by atoms with van der Waals surface area (Å²) in [6.45, 7) is 0.450. The van der Waals surface area contributed by atoms with E-state index in [0.29, 0.717) is 40.7 Å². The summed E-state index contributed by atoms with van der Waals surface area (Å²) in [5.74, 6) is 1.13. The molecule has 1 amide bonds. The molecule has 0 saturated heterocycles. The lowest BCUT2D eigenvalue weighted by atomic mass is 10.1. The number of carbonyl (C=O) groups excluding carboxylic acids is 1. The molecule has 34 heavy (non-hydrogen) atoms. The van der Waals surface area contributed by atoms with Crippen LogP contribution in [0.5, 0.6) is 11.5 Å². The van der Waals surface area contributed by atoms with E-state index < -0.39 is 0 Å². The zero-order valence-electron chi connectivity index (χ0n) is 18.9. The molecule has 0 spiro atoms. The molecule has 4 rings (SSSR count). The summed E-state index contributed by atoms with van der Waals surface area (Å²) >= 11 is 6.18. The molecular formula is C26H25ClN4O3. The molecule has 8 heteroatoms. The normalized spacial score (nSPS) is 11.3. The highest BCUT2D eigenvalue weighted by Crippen LogP contribution is 2.27. The van der Waals surface area contributed by atoms with Gasteiger partial charge in [0.05, 0.1) is 19.9 Å². The minimum Gasteiger partial charge on any atom is -0.497 e. The van der Waals surface area contributed by atoms with Gasteiger partial charge in [0, 0.05) is 34.2 Å². The van der Waals surface area contributed by atoms with Crippen molar-refractivity contribution in [2.24, 2.45) is 4.99 Å². The van der Waals surface area contributed by atoms with E-state index in [1.807, 2.05) is 24.4 Å². The maximum atomic E-state index is 13.0. The molecule has 0 fully saturated rings. The fourth-order valence-corrected chi connectivity index (χ4v) is 3.76. The van der Waals surface area contributed by atoms with Crippen LogP contribution in [0.3, 0.4) is 0 Å². The number of carbonyl (C=O) groups is 1. The smallest absolute Gasteiger partial charge is 0.258 e. The van der Waals surface area contributed by atoms with Crippen molar-refractivity contribution in [1.29, 1.82) is 0 Å². The van der Waals surface area contributed by atoms with Crippen LogP contribution in [0, 0.1) is 0 Å². The third kappa shape index (κ3) is 5.50. The quantitative estimate of drug-likeness (QED) is 0.250. The largest absolute Gasteiger partial charge is 0.497 e. The van der Waals surface area contributed by atoms with Crippen LogP contribution in [-0.4, -0.2) is 37.6 Å². The molecule has 4 aromatic rings. The van der Waals surface area contributed by atoms with E-state index in [4.69, 9.17) is 21.1 Å². The number of halogens is 1. The lowest BCUT2D eigenvalue weighted by Crippen LogP contribution is -2.36. The number of aliphatic imine (C=N–C) groups is 1. The van der Waals surface area contributed by atoms with E-state index >= 15 is 0 Å². The molecule has 0 saturated carbocycles. The summed E-state index contributed by atoms with van der Waals surface area (Å²) in [7, 11) is 3.12. The van der Waals surface area contributed by atoms with Crippen molar-refractivity contribution < 1.29 is 14.3 Å². The van der Waals surface area contributed by atoms with Gasteiger partial charge in [-0.15, -0.1) is 0 Å². The van der Waals surface area contributed by atoms with E-state index in [0.717, 1.165) is 16.5 Å². The van der Waals surface area contributed by atoms with Crippen molar-refractivity contribution >= 4 is 40.1 Å². The third-order valence-corrected chi connectivity index (χ3v) is 5.54. The summed E-state index contributed by atoms with van der Waals surface area (Å²) in [5.41, 5.74) is 3.27. The second kappa shape index (κ2) is 10.8. The van der Waals surface area contributed by atoms with Crippen LogP contribution in [0.1, 0.15) is 15.9 Å². The zero-order valence-corrected chi connectivity index (χ0v) is 19.6. The molecule has 1 aromatic heterocycles. The number of anilines is 1. The molecule has 3 aromatic carbocycles. The highest BCUT2D eigenvalue weighted by Gasteiger charge is 2.13. The first-order valence-electron chi connectivity index (χ1n) is 10.7. The fraction of sp³-hybridized carbons (Fsp3) is 0.154. The monoisotopic (exact) mass is 476 g/mol. The summed E-state index contributed by atoms with van der Waals surface area (Å²) < 4.78 is 10.7. The van der Waals surface area contributed by atoms with Gasteiger partial charge in [-0.3, -0.25) is 15.1 Å². The Hall–Kier alpha value is -3.97. The van der Waals surface area contributed by atoms with E-state index in [1.165, 1.54) is 0 Å². The van der Waals surface area contributed by atoms with E-state index in [1.54, 1.807) is 56.7 Å². The number of amides is 1. The van der Waals surface area contributed by atoms with Gasteiger partial charge in [0.25, 0.3) is 5.91 Å². The molecule has 0 unspecified atom stereocenters. The lowest BCUT2D eigenvalue weighted by Gasteiger charge is -2.15. The third-order valence-electron chi connectivity index (χ3n) is 5.30. The standard InChI is InChI=1S/C26H25ClN4O3/c1-33-20-7-5-6-17(14-20)25(32)31-26(30-23-15-19(27)10-11-24(23)34-2)28-13-12-18-16-29-22-9-4-3-8-21(18)22/h3-11,14-16,29H,12-13H2,1-2H3,(H2,28,30,31,32). The molecule has 1 heterocycles. The Morgan fingerprint density at radius 3 is 2.71 bits per heavy atom. The second-order valence-corrected chi connectivity index (χ2v) is 7.93. The molecule has 0 bridgehead atoms. The van der Waals surface area contributed by atoms with Crippen LogP contribution < -0.4 is 20.1 Å². The van der Waals surface area contributed by atoms with E-state index in [2.05, 4.69) is 26.7 Å². The van der Waals surface area contributed by atoms with Crippen LogP contribution in [0.4, 0.5) is 5.69 Å². The number of aromatic amines is 1. The first kappa shape index (κ1) is 23.2. The Bertz CT molecular complexity index is 1330. The van der Waals surface area contributed by atoms with Crippen molar-refractivity contribution in [3.05, 3.63) is 89.1 Å². The number of benzene rings is 3. The van der Waals surface area contributed by atoms with Gasteiger partial charge in [0.2, 0.25) is 5.96 Å². The van der Waals surface area contributed by atoms with Crippen molar-refractivity contribution in [3.63, 3.8) is 0 Å². The van der Waals surface area contributed by atoms with Crippen LogP contribution in [0.2, 0.25) is 5.02 Å². The highest BCUT2D eigenvalue weighted by molar-refractivity contribution is 6.31. The van der Waals surface area contributed by atoms with Crippen LogP contribution in [0.25, 0.3) is 10.9 Å². The van der Waals surface area contributed by atoms with Crippen molar-refractivity contribution in [1.82, 2.24) is 10.3 Å². The number of rotatable bonds is 7. The van der Waals surface area contributed by atoms with Gasteiger partial charge in [0.15, 0.2) is 0 Å². The molecule has 0 radical (unpaired) electrons. The van der Waals surface area contributed by atoms with E-state index in [-0.39, 0.29) is 11.9 Å². The Labute approximate surface area is 202 Å². The van der Waals surface area contributed by atoms with Gasteiger partial charge >= 0.3 is 0 Å². The highest BCUT2D eigenvalue weighted by atomic mass is 35.5. The topological polar surface area (TPSA) is 87.7 Å². The number of methoxy groups -OCH3 is 2. The Morgan fingerprint density at radius 2 is 1.88 bits per heavy atom. The summed E-state index contributed by atoms with van der Waals surface area (Å²) in [6, 6.07) is 20.2. The average molecular weight is 477 g/mol. The van der Waals surface area contributed by atoms with Crippen molar-refractivity contribution in [2.75, 3.05) is 26.1 Å². The van der Waals surface area contributed by atoms with Crippen LogP contribution >= 0.6 is 11.6 Å². The second-order valence-electron chi connectivity index (χ2n) is 7.50. The molecular weight excluding hydrogens is 452 g/mol. The summed E-state index contributed by atoms with van der Waals surface area (Å²) in [6.07, 6.45) is 2.68. The van der Waals surface area contributed by atoms with Gasteiger partial charge in [-0.2, -0.15) is 0 Å². The fourth-order valence-electron chi connectivity index (χ4n) is 3.59. The van der Waals surface area contributed by atoms with Gasteiger partial charge in [-0.1, -0.05) is 35.9 Å². The number of nitrogens with zero attached hydrogens (tertiary/aromatic N) is 1. The SMILES string of the molecule is COc1cccc(C(=O)NC(=NCCc2c[nH]c3ccccc23)Nc2cc(Cl)ccc2OC)c1. The first-order valence-corrected chi connectivity index (χ1v) is 11.1. The van der Waals surface area contributed by atoms with Crippen LogP contribution in [0.15, 0.2) is 77.9 Å². The Kier molecular flexibility index (Phi) is 7.34. The maximum absolute atomic E-state index is 13.0. The summed E-state index contributed by atoms with van der Waals surface area (Å²) in [5, 5.41) is 7.70. The Morgan fingerprint density at radius 1 is 1.03 bits per heavy atom. The minimum absolute atomic E-state index is 0.285. The summed E-state index contributed by atoms with van der Waals surface area (Å²) in [4.78, 5) is 20.9. The van der Waals surface area contributed by atoms with Gasteiger partial charge in [0.1, 0.15) is 11.5 Å². The zero-order chi connectivity index (χ0) is 23.9. The minimum atomic E-state index is -0.321. The first-order chi connectivity index (χ1) is 16.6. The van der Waals surface area contributed by atoms with Crippen molar-refractivity contribution in [2.45, 2.75) is 6.42 Å². The predicted molar refractivity (Wildman–Crippen MR) is 136 cm³/mol. The van der Waals surface area contributed by atoms with Gasteiger partial charge < -0.3 is 19.8 Å². The number of nitrogens with one attached hydrogen (secondary N) is 3. The molecule has 3 N–H and O–H groups in total. The van der Waals surface area contributed by atoms with Gasteiger partial charge in [-0.05, 0) is 54.4 Å². The number of hydrogen-bond donors (Lipinski definition) is 3. The molecule has 0 aliphatic carbocycles. The number of hydrogen-bond acceptors (Lipinski definition) is 4. The maximum Gasteiger partial charge on any atom is 0.258 e. The predicted octanol–water partition coefficient (Wildman–Crippen LogP) is 5.28. The average Bonchev–Trinajstić information content (AvgIpc) is 3.27. The molecule has 0 atom stereocenters. The van der Waals surface area contributed by atoms with Crippen molar-refractivity contribution in [3.8, 4) is 11.5 Å². The Balaban J connectivity index is 1.57. The number of aromatic nitrogens is 1. The number of fused-ring (bicyclic) bond motifs is 1. The molecule has 0 aliphatic rings. The number of H-pyrrole nitrogens is 1. The lowest BCUT2D eigenvalue weighted by molar-refractivity contribution is 0.0976. The van der Waals surface area contributed by atoms with E-state index in [9.17, 15) is 4.79 Å². The number of guanidine groups is 1. The number of para-hydroxylation sites is 1. The molecule has 174 valence electrons.